The number of aryl methyl sites for hydroxylation is 1. The van der Waals surface area contributed by atoms with Crippen LogP contribution in [0.3, 0.4) is 0 Å². The van der Waals surface area contributed by atoms with Crippen molar-refractivity contribution in [1.82, 2.24) is 14.7 Å². The Kier molecular flexibility index (Phi) is 2.96. The van der Waals surface area contributed by atoms with E-state index in [9.17, 15) is 9.90 Å². The second-order valence-electron chi connectivity index (χ2n) is 4.58. The van der Waals surface area contributed by atoms with Gasteiger partial charge in [-0.05, 0) is 19.4 Å². The Balaban J connectivity index is 1.81. The van der Waals surface area contributed by atoms with Crippen molar-refractivity contribution >= 4 is 5.91 Å². The third kappa shape index (κ3) is 2.61. The molecule has 1 aliphatic rings. The zero-order valence-corrected chi connectivity index (χ0v) is 9.46. The average molecular weight is 223 g/mol. The minimum absolute atomic E-state index is 0.0910. The average Bonchev–Trinajstić information content (AvgIpc) is 2.83. The van der Waals surface area contributed by atoms with E-state index in [1.54, 1.807) is 22.7 Å². The summed E-state index contributed by atoms with van der Waals surface area (Å²) in [4.78, 5) is 13.5. The summed E-state index contributed by atoms with van der Waals surface area (Å²) in [5, 5.41) is 13.8. The highest BCUT2D eigenvalue weighted by molar-refractivity contribution is 5.76. The Bertz CT molecular complexity index is 359. The number of likely N-dealkylation sites (tertiary alicyclic amines) is 1. The minimum Gasteiger partial charge on any atom is -0.388 e. The molecule has 2 heterocycles. The summed E-state index contributed by atoms with van der Waals surface area (Å²) < 4.78 is 1.74. The molecule has 5 nitrogen and oxygen atoms in total. The summed E-state index contributed by atoms with van der Waals surface area (Å²) in [6.45, 7) is 3.48. The van der Waals surface area contributed by atoms with E-state index in [2.05, 4.69) is 5.10 Å². The summed E-state index contributed by atoms with van der Waals surface area (Å²) in [7, 11) is 0. The minimum atomic E-state index is -0.707. The molecular weight excluding hydrogens is 206 g/mol. The van der Waals surface area contributed by atoms with Crippen LogP contribution in [0.5, 0.6) is 0 Å². The van der Waals surface area contributed by atoms with Gasteiger partial charge in [0.25, 0.3) is 0 Å². The van der Waals surface area contributed by atoms with Crippen molar-refractivity contribution in [1.29, 1.82) is 0 Å². The van der Waals surface area contributed by atoms with Crippen LogP contribution in [0.4, 0.5) is 0 Å². The molecule has 1 N–H and O–H groups in total. The number of rotatable bonds is 3. The van der Waals surface area contributed by atoms with Gasteiger partial charge in [0.15, 0.2) is 0 Å². The van der Waals surface area contributed by atoms with Crippen molar-refractivity contribution in [2.75, 3.05) is 13.1 Å². The molecule has 2 rings (SSSR count). The highest BCUT2D eigenvalue weighted by Gasteiger charge is 2.33. The van der Waals surface area contributed by atoms with Gasteiger partial charge in [0, 0.05) is 38.4 Å². The van der Waals surface area contributed by atoms with E-state index < -0.39 is 5.60 Å². The Hall–Kier alpha value is -1.36. The molecule has 0 bridgehead atoms. The molecule has 1 saturated heterocycles. The summed E-state index contributed by atoms with van der Waals surface area (Å²) in [6.07, 6.45) is 4.65. The molecule has 0 aliphatic carbocycles. The summed E-state index contributed by atoms with van der Waals surface area (Å²) in [5.74, 6) is 0.0910. The number of hydrogen-bond donors (Lipinski definition) is 1. The Morgan fingerprint density at radius 1 is 1.62 bits per heavy atom. The zero-order valence-electron chi connectivity index (χ0n) is 9.46. The molecule has 0 radical (unpaired) electrons. The third-order valence-electron chi connectivity index (χ3n) is 2.92. The molecule has 1 amide bonds. The number of carbonyl (C=O) groups excluding carboxylic acids is 1. The van der Waals surface area contributed by atoms with E-state index in [4.69, 9.17) is 0 Å². The van der Waals surface area contributed by atoms with Gasteiger partial charge < -0.3 is 10.0 Å². The molecule has 1 aromatic heterocycles. The maximum Gasteiger partial charge on any atom is 0.224 e. The van der Waals surface area contributed by atoms with Crippen LogP contribution in [0, 0.1) is 0 Å². The largest absolute Gasteiger partial charge is 0.388 e. The monoisotopic (exact) mass is 223 g/mol. The summed E-state index contributed by atoms with van der Waals surface area (Å²) in [5.41, 5.74) is -0.707. The van der Waals surface area contributed by atoms with Gasteiger partial charge in [0.05, 0.1) is 5.60 Å². The summed E-state index contributed by atoms with van der Waals surface area (Å²) in [6, 6.07) is 1.84. The van der Waals surface area contributed by atoms with Gasteiger partial charge in [0.2, 0.25) is 5.91 Å². The second-order valence-corrected chi connectivity index (χ2v) is 4.58. The lowest BCUT2D eigenvalue weighted by Crippen LogP contribution is -2.34. The van der Waals surface area contributed by atoms with E-state index >= 15 is 0 Å². The van der Waals surface area contributed by atoms with Crippen LogP contribution < -0.4 is 0 Å². The molecule has 1 aromatic rings. The SMILES string of the molecule is CC1(O)CCN(C(=O)CCn2cccn2)C1. The van der Waals surface area contributed by atoms with E-state index in [1.165, 1.54) is 0 Å². The predicted octanol–water partition coefficient (Wildman–Crippen LogP) is 0.256. The lowest BCUT2D eigenvalue weighted by Gasteiger charge is -2.18. The highest BCUT2D eigenvalue weighted by atomic mass is 16.3. The number of hydrogen-bond acceptors (Lipinski definition) is 3. The molecule has 0 saturated carbocycles. The van der Waals surface area contributed by atoms with Crippen LogP contribution in [0.15, 0.2) is 18.5 Å². The molecule has 1 aliphatic heterocycles. The fourth-order valence-electron chi connectivity index (χ4n) is 1.96. The highest BCUT2D eigenvalue weighted by Crippen LogP contribution is 2.20. The first-order valence-electron chi connectivity index (χ1n) is 5.54. The number of aliphatic hydroxyl groups is 1. The molecule has 88 valence electrons. The van der Waals surface area contributed by atoms with Crippen molar-refractivity contribution in [2.45, 2.75) is 31.9 Å². The maximum absolute atomic E-state index is 11.8. The van der Waals surface area contributed by atoms with E-state index in [1.807, 2.05) is 12.3 Å². The van der Waals surface area contributed by atoms with Crippen molar-refractivity contribution in [3.63, 3.8) is 0 Å². The predicted molar refractivity (Wildman–Crippen MR) is 58.7 cm³/mol. The molecule has 1 atom stereocenters. The van der Waals surface area contributed by atoms with Crippen molar-refractivity contribution in [2.24, 2.45) is 0 Å². The standard InChI is InChI=1S/C11H17N3O2/c1-11(16)4-8-13(9-11)10(15)3-7-14-6-2-5-12-14/h2,5-6,16H,3-4,7-9H2,1H3. The molecular formula is C11H17N3O2. The van der Waals surface area contributed by atoms with E-state index in [-0.39, 0.29) is 5.91 Å². The van der Waals surface area contributed by atoms with Gasteiger partial charge in [-0.15, -0.1) is 0 Å². The van der Waals surface area contributed by atoms with Crippen molar-refractivity contribution in [3.8, 4) is 0 Å². The second kappa shape index (κ2) is 4.25. The fraction of sp³-hybridized carbons (Fsp3) is 0.636. The number of carbonyl (C=O) groups is 1. The number of nitrogens with zero attached hydrogens (tertiary/aromatic N) is 3. The van der Waals surface area contributed by atoms with Gasteiger partial charge >= 0.3 is 0 Å². The fourth-order valence-corrected chi connectivity index (χ4v) is 1.96. The first-order valence-corrected chi connectivity index (χ1v) is 5.54. The first-order chi connectivity index (χ1) is 7.57. The Morgan fingerprint density at radius 3 is 3.00 bits per heavy atom. The van der Waals surface area contributed by atoms with Crippen LogP contribution in [0.2, 0.25) is 0 Å². The molecule has 16 heavy (non-hydrogen) atoms. The lowest BCUT2D eigenvalue weighted by molar-refractivity contribution is -0.131. The number of amides is 1. The van der Waals surface area contributed by atoms with Crippen molar-refractivity contribution < 1.29 is 9.90 Å². The van der Waals surface area contributed by atoms with Crippen LogP contribution in [-0.4, -0.2) is 44.4 Å². The molecule has 0 spiro atoms. The summed E-state index contributed by atoms with van der Waals surface area (Å²) >= 11 is 0. The normalized spacial score (nSPS) is 25.0. The lowest BCUT2D eigenvalue weighted by atomic mass is 10.1. The van der Waals surface area contributed by atoms with E-state index in [0.29, 0.717) is 32.5 Å². The number of aromatic nitrogens is 2. The van der Waals surface area contributed by atoms with Gasteiger partial charge in [-0.2, -0.15) is 5.10 Å². The van der Waals surface area contributed by atoms with Crippen LogP contribution in [0.1, 0.15) is 19.8 Å². The molecule has 0 aromatic carbocycles. The maximum atomic E-state index is 11.8. The zero-order chi connectivity index (χ0) is 11.6. The molecule has 1 unspecified atom stereocenters. The molecule has 1 fully saturated rings. The van der Waals surface area contributed by atoms with E-state index in [0.717, 1.165) is 0 Å². The third-order valence-corrected chi connectivity index (χ3v) is 2.92. The van der Waals surface area contributed by atoms with Gasteiger partial charge in [-0.1, -0.05) is 0 Å². The quantitative estimate of drug-likeness (QED) is 0.799. The molecule has 5 heteroatoms. The Labute approximate surface area is 94.7 Å². The van der Waals surface area contributed by atoms with Gasteiger partial charge in [-0.3, -0.25) is 9.48 Å². The van der Waals surface area contributed by atoms with Crippen LogP contribution in [0.25, 0.3) is 0 Å². The van der Waals surface area contributed by atoms with Crippen molar-refractivity contribution in [3.05, 3.63) is 18.5 Å². The number of β-amino-alcohol motifs (C(OH)–C–C–N with tert-alkyl or cyclic N) is 1. The Morgan fingerprint density at radius 2 is 2.44 bits per heavy atom. The topological polar surface area (TPSA) is 58.4 Å². The first kappa shape index (κ1) is 11.1. The van der Waals surface area contributed by atoms with Gasteiger partial charge in [-0.25, -0.2) is 0 Å². The smallest absolute Gasteiger partial charge is 0.224 e. The van der Waals surface area contributed by atoms with Crippen LogP contribution in [-0.2, 0) is 11.3 Å². The van der Waals surface area contributed by atoms with Gasteiger partial charge in [0.1, 0.15) is 0 Å². The van der Waals surface area contributed by atoms with Crippen LogP contribution >= 0.6 is 0 Å².